The van der Waals surface area contributed by atoms with Crippen molar-refractivity contribution in [3.05, 3.63) is 18.0 Å². The van der Waals surface area contributed by atoms with Crippen LogP contribution in [-0.4, -0.2) is 27.8 Å². The summed E-state index contributed by atoms with van der Waals surface area (Å²) in [6, 6.07) is 1.57. The van der Waals surface area contributed by atoms with E-state index in [4.69, 9.17) is 0 Å². The Balaban J connectivity index is 2.20. The maximum absolute atomic E-state index is 11.8. The van der Waals surface area contributed by atoms with E-state index in [-0.39, 0.29) is 17.5 Å². The molecule has 5 nitrogen and oxygen atoms in total. The van der Waals surface area contributed by atoms with Crippen molar-refractivity contribution in [1.29, 1.82) is 0 Å². The molecule has 0 bridgehead atoms. The van der Waals surface area contributed by atoms with Crippen LogP contribution in [0.3, 0.4) is 0 Å². The van der Waals surface area contributed by atoms with Gasteiger partial charge in [0.05, 0.1) is 5.69 Å². The van der Waals surface area contributed by atoms with E-state index in [1.165, 1.54) is 0 Å². The Kier molecular flexibility index (Phi) is 2.26. The molecule has 15 heavy (non-hydrogen) atoms. The lowest BCUT2D eigenvalue weighted by Gasteiger charge is -2.35. The van der Waals surface area contributed by atoms with Gasteiger partial charge in [-0.15, -0.1) is 0 Å². The monoisotopic (exact) mass is 208 g/mol. The van der Waals surface area contributed by atoms with Gasteiger partial charge >= 0.3 is 0 Å². The van der Waals surface area contributed by atoms with Crippen molar-refractivity contribution >= 4 is 5.91 Å². The Labute approximate surface area is 88.8 Å². The van der Waals surface area contributed by atoms with Gasteiger partial charge < -0.3 is 5.32 Å². The number of rotatable bonds is 1. The molecule has 0 aromatic carbocycles. The molecule has 2 N–H and O–H groups in total. The van der Waals surface area contributed by atoms with Gasteiger partial charge in [-0.3, -0.25) is 14.8 Å². The highest BCUT2D eigenvalue weighted by atomic mass is 16.2. The van der Waals surface area contributed by atoms with Crippen molar-refractivity contribution in [2.24, 2.45) is 7.05 Å². The predicted molar refractivity (Wildman–Crippen MR) is 56.2 cm³/mol. The largest absolute Gasteiger partial charge is 0.348 e. The molecule has 1 aliphatic rings. The average Bonchev–Trinajstić information content (AvgIpc) is 2.50. The van der Waals surface area contributed by atoms with Crippen LogP contribution in [0, 0.1) is 0 Å². The summed E-state index contributed by atoms with van der Waals surface area (Å²) in [7, 11) is 1.84. The fraction of sp³-hybridized carbons (Fsp3) is 0.600. The highest BCUT2D eigenvalue weighted by Gasteiger charge is 2.34. The summed E-state index contributed by atoms with van der Waals surface area (Å²) < 4.78 is 1.72. The minimum atomic E-state index is -0.287. The number of aromatic nitrogens is 2. The first-order valence-corrected chi connectivity index (χ1v) is 5.03. The molecule has 1 aliphatic heterocycles. The molecule has 2 rings (SSSR count). The summed E-state index contributed by atoms with van der Waals surface area (Å²) >= 11 is 0. The third kappa shape index (κ3) is 1.87. The van der Waals surface area contributed by atoms with Gasteiger partial charge in [0, 0.05) is 25.3 Å². The third-order valence-electron chi connectivity index (χ3n) is 2.63. The second kappa shape index (κ2) is 3.34. The molecule has 1 aromatic rings. The quantitative estimate of drug-likeness (QED) is 0.681. The van der Waals surface area contributed by atoms with E-state index in [1.807, 2.05) is 27.0 Å². The van der Waals surface area contributed by atoms with Crippen LogP contribution in [0.15, 0.2) is 12.3 Å². The molecule has 1 amide bonds. The lowest BCUT2D eigenvalue weighted by molar-refractivity contribution is -0.127. The normalized spacial score (nSPS) is 25.0. The van der Waals surface area contributed by atoms with Gasteiger partial charge in [-0.05, 0) is 19.9 Å². The molecule has 1 aromatic heterocycles. The van der Waals surface area contributed by atoms with Crippen molar-refractivity contribution in [2.45, 2.75) is 25.4 Å². The van der Waals surface area contributed by atoms with Crippen LogP contribution in [-0.2, 0) is 11.8 Å². The summed E-state index contributed by atoms with van der Waals surface area (Å²) in [5.74, 6) is 0.00912. The Morgan fingerprint density at radius 2 is 2.33 bits per heavy atom. The molecular formula is C10H16N4O. The fourth-order valence-corrected chi connectivity index (χ4v) is 1.81. The van der Waals surface area contributed by atoms with E-state index >= 15 is 0 Å². The fourth-order valence-electron chi connectivity index (χ4n) is 1.81. The van der Waals surface area contributed by atoms with Gasteiger partial charge in [-0.25, -0.2) is 0 Å². The standard InChI is InChI=1S/C10H16N4O/c1-10(2)6-11-8(9(15)13-10)7-4-5-12-14(7)3/h4-5,8,11H,6H2,1-3H3,(H,13,15). The zero-order valence-electron chi connectivity index (χ0n) is 9.24. The minimum Gasteiger partial charge on any atom is -0.348 e. The summed E-state index contributed by atoms with van der Waals surface area (Å²) in [5, 5.41) is 10.3. The number of carbonyl (C=O) groups is 1. The Morgan fingerprint density at radius 1 is 1.60 bits per heavy atom. The highest BCUT2D eigenvalue weighted by Crippen LogP contribution is 2.18. The van der Waals surface area contributed by atoms with E-state index in [0.717, 1.165) is 12.2 Å². The van der Waals surface area contributed by atoms with Crippen molar-refractivity contribution < 1.29 is 4.79 Å². The second-order valence-electron chi connectivity index (χ2n) is 4.57. The summed E-state index contributed by atoms with van der Waals surface area (Å²) in [6.45, 7) is 4.75. The first kappa shape index (κ1) is 10.2. The SMILES string of the molecule is Cn1nccc1C1NCC(C)(C)NC1=O. The van der Waals surface area contributed by atoms with E-state index in [9.17, 15) is 4.79 Å². The first-order chi connectivity index (χ1) is 6.99. The van der Waals surface area contributed by atoms with Gasteiger partial charge in [0.15, 0.2) is 0 Å². The van der Waals surface area contributed by atoms with Crippen LogP contribution >= 0.6 is 0 Å². The van der Waals surface area contributed by atoms with Crippen molar-refractivity contribution in [1.82, 2.24) is 20.4 Å². The molecule has 82 valence electrons. The van der Waals surface area contributed by atoms with Crippen molar-refractivity contribution in [2.75, 3.05) is 6.54 Å². The van der Waals surface area contributed by atoms with Crippen LogP contribution in [0.2, 0.25) is 0 Å². The zero-order chi connectivity index (χ0) is 11.1. The van der Waals surface area contributed by atoms with Gasteiger partial charge in [0.2, 0.25) is 5.91 Å². The van der Waals surface area contributed by atoms with E-state index in [0.29, 0.717) is 0 Å². The van der Waals surface area contributed by atoms with E-state index in [2.05, 4.69) is 15.7 Å². The van der Waals surface area contributed by atoms with Gasteiger partial charge in [-0.1, -0.05) is 0 Å². The molecule has 0 saturated carbocycles. The zero-order valence-corrected chi connectivity index (χ0v) is 9.24. The van der Waals surface area contributed by atoms with Crippen LogP contribution in [0.5, 0.6) is 0 Å². The first-order valence-electron chi connectivity index (χ1n) is 5.03. The number of piperazine rings is 1. The Hall–Kier alpha value is -1.36. The van der Waals surface area contributed by atoms with Gasteiger partial charge in [0.1, 0.15) is 6.04 Å². The maximum Gasteiger partial charge on any atom is 0.243 e. The predicted octanol–water partition coefficient (Wildman–Crippen LogP) is -0.0408. The topological polar surface area (TPSA) is 59.0 Å². The van der Waals surface area contributed by atoms with Gasteiger partial charge in [0.25, 0.3) is 0 Å². The molecule has 1 saturated heterocycles. The molecule has 0 aliphatic carbocycles. The van der Waals surface area contributed by atoms with Crippen LogP contribution in [0.25, 0.3) is 0 Å². The third-order valence-corrected chi connectivity index (χ3v) is 2.63. The van der Waals surface area contributed by atoms with Crippen molar-refractivity contribution in [3.8, 4) is 0 Å². The number of nitrogens with zero attached hydrogens (tertiary/aromatic N) is 2. The summed E-state index contributed by atoms with van der Waals surface area (Å²) in [6.07, 6.45) is 1.70. The smallest absolute Gasteiger partial charge is 0.243 e. The molecule has 1 unspecified atom stereocenters. The average molecular weight is 208 g/mol. The van der Waals surface area contributed by atoms with E-state index < -0.39 is 0 Å². The van der Waals surface area contributed by atoms with Crippen molar-refractivity contribution in [3.63, 3.8) is 0 Å². The van der Waals surface area contributed by atoms with E-state index in [1.54, 1.807) is 10.9 Å². The molecule has 1 atom stereocenters. The summed E-state index contributed by atoms with van der Waals surface area (Å²) in [5.41, 5.74) is 0.717. The highest BCUT2D eigenvalue weighted by molar-refractivity contribution is 5.84. The van der Waals surface area contributed by atoms with Crippen LogP contribution in [0.1, 0.15) is 25.6 Å². The summed E-state index contributed by atoms with van der Waals surface area (Å²) in [4.78, 5) is 11.8. The molecule has 5 heteroatoms. The second-order valence-corrected chi connectivity index (χ2v) is 4.57. The number of hydrogen-bond donors (Lipinski definition) is 2. The molecule has 0 radical (unpaired) electrons. The number of hydrogen-bond acceptors (Lipinski definition) is 3. The maximum atomic E-state index is 11.8. The lowest BCUT2D eigenvalue weighted by atomic mass is 9.99. The van der Waals surface area contributed by atoms with Gasteiger partial charge in [-0.2, -0.15) is 5.10 Å². The molecular weight excluding hydrogens is 192 g/mol. The number of carbonyl (C=O) groups excluding carboxylic acids is 1. The lowest BCUT2D eigenvalue weighted by Crippen LogP contribution is -2.60. The number of aryl methyl sites for hydroxylation is 1. The molecule has 1 fully saturated rings. The Morgan fingerprint density at radius 3 is 2.87 bits per heavy atom. The van der Waals surface area contributed by atoms with Crippen LogP contribution < -0.4 is 10.6 Å². The van der Waals surface area contributed by atoms with Crippen LogP contribution in [0.4, 0.5) is 0 Å². The number of nitrogens with one attached hydrogen (secondary N) is 2. The molecule has 0 spiro atoms. The minimum absolute atomic E-state index is 0.00912. The number of amides is 1. The Bertz CT molecular complexity index is 383. The molecule has 2 heterocycles.